The Morgan fingerprint density at radius 2 is 2.28 bits per heavy atom. The van der Waals surface area contributed by atoms with Gasteiger partial charge in [-0.05, 0) is 6.92 Å². The van der Waals surface area contributed by atoms with Crippen LogP contribution in [0.15, 0.2) is 12.3 Å². The van der Waals surface area contributed by atoms with Crippen molar-refractivity contribution >= 4 is 17.5 Å². The highest BCUT2D eigenvalue weighted by atomic mass is 16.6. The van der Waals surface area contributed by atoms with Crippen molar-refractivity contribution in [3.63, 3.8) is 0 Å². The number of carbonyl (C=O) groups is 1. The Hall–Kier alpha value is -2.22. The minimum Gasteiger partial charge on any atom is -0.477 e. The van der Waals surface area contributed by atoms with E-state index in [-0.39, 0.29) is 19.0 Å². The molecule has 1 heterocycles. The molecular formula is C10H13N3O5. The number of nitrogens with zero attached hydrogens (tertiary/aromatic N) is 3. The second-order valence-corrected chi connectivity index (χ2v) is 3.43. The van der Waals surface area contributed by atoms with E-state index in [1.807, 2.05) is 0 Å². The number of rotatable bonds is 6. The van der Waals surface area contributed by atoms with E-state index in [4.69, 9.17) is 10.2 Å². The Bertz CT molecular complexity index is 463. The number of carboxylic acids is 1. The molecule has 1 aromatic heterocycles. The molecule has 0 bridgehead atoms. The van der Waals surface area contributed by atoms with Gasteiger partial charge in [0.1, 0.15) is 17.6 Å². The van der Waals surface area contributed by atoms with Gasteiger partial charge < -0.3 is 15.1 Å². The summed E-state index contributed by atoms with van der Waals surface area (Å²) < 4.78 is 0. The number of nitro groups is 1. The number of pyridine rings is 1. The first-order chi connectivity index (χ1) is 8.51. The number of aliphatic hydroxyl groups excluding tert-OH is 1. The second kappa shape index (κ2) is 5.92. The Morgan fingerprint density at radius 1 is 1.61 bits per heavy atom. The summed E-state index contributed by atoms with van der Waals surface area (Å²) in [6.45, 7) is 2.47. The Balaban J connectivity index is 3.21. The highest BCUT2D eigenvalue weighted by Gasteiger charge is 2.22. The maximum Gasteiger partial charge on any atom is 0.342 e. The number of anilines is 1. The molecule has 0 fully saturated rings. The maximum atomic E-state index is 10.9. The van der Waals surface area contributed by atoms with Crippen molar-refractivity contribution in [3.8, 4) is 0 Å². The monoisotopic (exact) mass is 255 g/mol. The molecule has 8 heteroatoms. The predicted molar refractivity (Wildman–Crippen MR) is 62.8 cm³/mol. The molecule has 0 aliphatic heterocycles. The van der Waals surface area contributed by atoms with Gasteiger partial charge >= 0.3 is 11.7 Å². The van der Waals surface area contributed by atoms with Crippen LogP contribution < -0.4 is 4.90 Å². The summed E-state index contributed by atoms with van der Waals surface area (Å²) in [4.78, 5) is 26.3. The molecule has 0 saturated carbocycles. The molecule has 18 heavy (non-hydrogen) atoms. The third kappa shape index (κ3) is 2.92. The highest BCUT2D eigenvalue weighted by molar-refractivity contribution is 5.93. The third-order valence-electron chi connectivity index (χ3n) is 2.37. The molecule has 2 N–H and O–H groups in total. The van der Waals surface area contributed by atoms with Gasteiger partial charge in [-0.25, -0.2) is 9.78 Å². The van der Waals surface area contributed by atoms with Crippen LogP contribution in [-0.4, -0.2) is 45.8 Å². The molecule has 0 spiro atoms. The summed E-state index contributed by atoms with van der Waals surface area (Å²) in [5.41, 5.74) is -0.965. The number of likely N-dealkylation sites (N-methyl/N-ethyl adjacent to an activating group) is 1. The number of carboxylic acid groups (broad SMARTS) is 1. The molecule has 0 unspecified atom stereocenters. The van der Waals surface area contributed by atoms with Gasteiger partial charge in [-0.15, -0.1) is 0 Å². The fourth-order valence-corrected chi connectivity index (χ4v) is 1.48. The molecule has 0 atom stereocenters. The number of hydrogen-bond acceptors (Lipinski definition) is 6. The second-order valence-electron chi connectivity index (χ2n) is 3.43. The van der Waals surface area contributed by atoms with Crippen LogP contribution in [0.25, 0.3) is 0 Å². The van der Waals surface area contributed by atoms with Crippen molar-refractivity contribution in [1.29, 1.82) is 0 Å². The van der Waals surface area contributed by atoms with Gasteiger partial charge in [0.15, 0.2) is 0 Å². The lowest BCUT2D eigenvalue weighted by molar-refractivity contribution is -0.385. The molecule has 0 amide bonds. The number of aliphatic hydroxyl groups is 1. The average molecular weight is 255 g/mol. The zero-order valence-electron chi connectivity index (χ0n) is 9.74. The SMILES string of the molecule is CCN(CCO)c1cc(C(=O)O)c([N+](=O)[O-])cn1. The van der Waals surface area contributed by atoms with E-state index in [0.29, 0.717) is 6.54 Å². The summed E-state index contributed by atoms with van der Waals surface area (Å²) in [6, 6.07) is 1.14. The topological polar surface area (TPSA) is 117 Å². The molecule has 0 saturated heterocycles. The van der Waals surface area contributed by atoms with Gasteiger partial charge in [-0.1, -0.05) is 0 Å². The zero-order chi connectivity index (χ0) is 13.7. The summed E-state index contributed by atoms with van der Waals surface area (Å²) in [7, 11) is 0. The van der Waals surface area contributed by atoms with Gasteiger partial charge in [0, 0.05) is 19.2 Å². The molecule has 1 rings (SSSR count). The molecule has 98 valence electrons. The molecule has 0 radical (unpaired) electrons. The predicted octanol–water partition coefficient (Wildman–Crippen LogP) is 0.507. The first kappa shape index (κ1) is 13.8. The van der Waals surface area contributed by atoms with E-state index >= 15 is 0 Å². The lowest BCUT2D eigenvalue weighted by atomic mass is 10.2. The number of aromatic carboxylic acids is 1. The normalized spacial score (nSPS) is 10.1. The number of aromatic nitrogens is 1. The van der Waals surface area contributed by atoms with Crippen LogP contribution in [-0.2, 0) is 0 Å². The van der Waals surface area contributed by atoms with Crippen molar-refractivity contribution in [1.82, 2.24) is 4.98 Å². The van der Waals surface area contributed by atoms with E-state index in [1.165, 1.54) is 0 Å². The van der Waals surface area contributed by atoms with Crippen LogP contribution in [0.1, 0.15) is 17.3 Å². The molecule has 1 aromatic rings. The first-order valence-corrected chi connectivity index (χ1v) is 5.24. The molecule has 0 aliphatic carbocycles. The zero-order valence-corrected chi connectivity index (χ0v) is 9.74. The van der Waals surface area contributed by atoms with Gasteiger partial charge in [-0.2, -0.15) is 0 Å². The van der Waals surface area contributed by atoms with Crippen LogP contribution in [0.2, 0.25) is 0 Å². The van der Waals surface area contributed by atoms with E-state index in [1.54, 1.807) is 11.8 Å². The fraction of sp³-hybridized carbons (Fsp3) is 0.400. The lowest BCUT2D eigenvalue weighted by Gasteiger charge is -2.20. The van der Waals surface area contributed by atoms with Crippen molar-refractivity contribution in [2.24, 2.45) is 0 Å². The van der Waals surface area contributed by atoms with Crippen molar-refractivity contribution in [2.45, 2.75) is 6.92 Å². The third-order valence-corrected chi connectivity index (χ3v) is 2.37. The van der Waals surface area contributed by atoms with Gasteiger partial charge in [0.05, 0.1) is 11.5 Å². The Kier molecular flexibility index (Phi) is 4.55. The van der Waals surface area contributed by atoms with Crippen molar-refractivity contribution in [2.75, 3.05) is 24.6 Å². The van der Waals surface area contributed by atoms with Crippen molar-refractivity contribution < 1.29 is 19.9 Å². The maximum absolute atomic E-state index is 10.9. The summed E-state index contributed by atoms with van der Waals surface area (Å²) in [5.74, 6) is -1.10. The highest BCUT2D eigenvalue weighted by Crippen LogP contribution is 2.22. The standard InChI is InChI=1S/C10H13N3O5/c1-2-12(3-4-14)9-5-7(10(15)16)8(6-11-9)13(17)18/h5-6,14H,2-4H2,1H3,(H,15,16). The summed E-state index contributed by atoms with van der Waals surface area (Å²) >= 11 is 0. The fourth-order valence-electron chi connectivity index (χ4n) is 1.48. The van der Waals surface area contributed by atoms with E-state index in [9.17, 15) is 14.9 Å². The molecule has 0 aromatic carbocycles. The lowest BCUT2D eigenvalue weighted by Crippen LogP contribution is -2.27. The summed E-state index contributed by atoms with van der Waals surface area (Å²) in [5, 5.41) is 28.4. The van der Waals surface area contributed by atoms with E-state index in [2.05, 4.69) is 4.98 Å². The van der Waals surface area contributed by atoms with Crippen LogP contribution in [0.4, 0.5) is 11.5 Å². The minimum atomic E-state index is -1.38. The van der Waals surface area contributed by atoms with Gasteiger partial charge in [-0.3, -0.25) is 10.1 Å². The smallest absolute Gasteiger partial charge is 0.342 e. The largest absolute Gasteiger partial charge is 0.477 e. The van der Waals surface area contributed by atoms with Crippen molar-refractivity contribution in [3.05, 3.63) is 27.9 Å². The Morgan fingerprint density at radius 3 is 2.72 bits per heavy atom. The summed E-state index contributed by atoms with van der Waals surface area (Å²) in [6.07, 6.45) is 0.915. The Labute approximate surface area is 103 Å². The number of hydrogen-bond donors (Lipinski definition) is 2. The quantitative estimate of drug-likeness (QED) is 0.561. The van der Waals surface area contributed by atoms with Crippen LogP contribution >= 0.6 is 0 Å². The molecule has 0 aliphatic rings. The van der Waals surface area contributed by atoms with Gasteiger partial charge in [0.25, 0.3) is 0 Å². The van der Waals surface area contributed by atoms with Gasteiger partial charge in [0.2, 0.25) is 0 Å². The van der Waals surface area contributed by atoms with Crippen LogP contribution in [0.3, 0.4) is 0 Å². The first-order valence-electron chi connectivity index (χ1n) is 5.24. The van der Waals surface area contributed by atoms with Crippen LogP contribution in [0, 0.1) is 10.1 Å². The van der Waals surface area contributed by atoms with Crippen LogP contribution in [0.5, 0.6) is 0 Å². The molecular weight excluding hydrogens is 242 g/mol. The average Bonchev–Trinajstić information content (AvgIpc) is 2.35. The van der Waals surface area contributed by atoms with E-state index < -0.39 is 22.1 Å². The minimum absolute atomic E-state index is 0.116. The van der Waals surface area contributed by atoms with E-state index in [0.717, 1.165) is 12.3 Å². The molecule has 8 nitrogen and oxygen atoms in total.